The standard InChI is InChI=1S/C15H13N3O2S/c1-8-9(2)21-15(16-8)18-14(20)11-7-13(19)17-12-6-4-3-5-10(11)12/h3-7H,1-2H3,(H,17,19)(H,16,18,20). The zero-order chi connectivity index (χ0) is 15.0. The van der Waals surface area contributed by atoms with Gasteiger partial charge in [-0.1, -0.05) is 18.2 Å². The van der Waals surface area contributed by atoms with Crippen LogP contribution in [0, 0.1) is 13.8 Å². The third kappa shape index (κ3) is 2.57. The van der Waals surface area contributed by atoms with Crippen molar-refractivity contribution < 1.29 is 4.79 Å². The maximum absolute atomic E-state index is 12.4. The van der Waals surface area contributed by atoms with Crippen LogP contribution in [0.4, 0.5) is 5.13 Å². The number of amides is 1. The predicted octanol–water partition coefficient (Wildman–Crippen LogP) is 2.85. The maximum Gasteiger partial charge on any atom is 0.258 e. The molecule has 0 aliphatic heterocycles. The Hall–Kier alpha value is -2.47. The van der Waals surface area contributed by atoms with Crippen LogP contribution in [-0.4, -0.2) is 15.9 Å². The smallest absolute Gasteiger partial charge is 0.258 e. The number of aromatic nitrogens is 2. The summed E-state index contributed by atoms with van der Waals surface area (Å²) in [5.41, 5.74) is 1.58. The molecular weight excluding hydrogens is 286 g/mol. The first kappa shape index (κ1) is 13.5. The molecule has 3 aromatic rings. The van der Waals surface area contributed by atoms with Gasteiger partial charge in [0.25, 0.3) is 5.91 Å². The first-order valence-electron chi connectivity index (χ1n) is 6.42. The normalized spacial score (nSPS) is 10.8. The van der Waals surface area contributed by atoms with Gasteiger partial charge in [-0.25, -0.2) is 4.98 Å². The van der Waals surface area contributed by atoms with E-state index in [2.05, 4.69) is 15.3 Å². The average molecular weight is 299 g/mol. The van der Waals surface area contributed by atoms with Gasteiger partial charge in [-0.05, 0) is 19.9 Å². The number of pyridine rings is 1. The molecule has 0 radical (unpaired) electrons. The van der Waals surface area contributed by atoms with E-state index in [0.717, 1.165) is 10.6 Å². The molecule has 0 unspecified atom stereocenters. The van der Waals surface area contributed by atoms with Crippen LogP contribution in [0.15, 0.2) is 35.1 Å². The molecule has 3 rings (SSSR count). The first-order valence-corrected chi connectivity index (χ1v) is 7.23. The number of benzene rings is 1. The highest BCUT2D eigenvalue weighted by Gasteiger charge is 2.14. The van der Waals surface area contributed by atoms with Gasteiger partial charge < -0.3 is 4.98 Å². The number of para-hydroxylation sites is 1. The van der Waals surface area contributed by atoms with Crippen molar-refractivity contribution in [3.8, 4) is 0 Å². The fourth-order valence-corrected chi connectivity index (χ4v) is 2.89. The third-order valence-corrected chi connectivity index (χ3v) is 4.23. The number of hydrogen-bond donors (Lipinski definition) is 2. The minimum Gasteiger partial charge on any atom is -0.322 e. The van der Waals surface area contributed by atoms with Crippen LogP contribution in [0.2, 0.25) is 0 Å². The van der Waals surface area contributed by atoms with Crippen LogP contribution < -0.4 is 10.9 Å². The second-order valence-electron chi connectivity index (χ2n) is 4.71. The number of hydrogen-bond acceptors (Lipinski definition) is 4. The van der Waals surface area contributed by atoms with Gasteiger partial charge in [0.1, 0.15) is 0 Å². The molecule has 0 bridgehead atoms. The van der Waals surface area contributed by atoms with E-state index in [1.54, 1.807) is 12.1 Å². The summed E-state index contributed by atoms with van der Waals surface area (Å²) >= 11 is 1.42. The summed E-state index contributed by atoms with van der Waals surface area (Å²) in [6.07, 6.45) is 0. The topological polar surface area (TPSA) is 74.8 Å². The summed E-state index contributed by atoms with van der Waals surface area (Å²) in [5.74, 6) is -0.328. The molecule has 21 heavy (non-hydrogen) atoms. The van der Waals surface area contributed by atoms with E-state index < -0.39 is 0 Å². The van der Waals surface area contributed by atoms with Crippen molar-refractivity contribution in [3.05, 3.63) is 56.8 Å². The summed E-state index contributed by atoms with van der Waals surface area (Å²) < 4.78 is 0. The Balaban J connectivity index is 2.03. The van der Waals surface area contributed by atoms with E-state index in [1.165, 1.54) is 17.4 Å². The molecule has 0 atom stereocenters. The van der Waals surface area contributed by atoms with E-state index in [1.807, 2.05) is 26.0 Å². The zero-order valence-electron chi connectivity index (χ0n) is 11.6. The first-order chi connectivity index (χ1) is 10.0. The molecule has 0 spiro atoms. The second-order valence-corrected chi connectivity index (χ2v) is 5.91. The van der Waals surface area contributed by atoms with Crippen molar-refractivity contribution in [2.75, 3.05) is 5.32 Å². The highest BCUT2D eigenvalue weighted by atomic mass is 32.1. The van der Waals surface area contributed by atoms with E-state index >= 15 is 0 Å². The third-order valence-electron chi connectivity index (χ3n) is 3.24. The van der Waals surface area contributed by atoms with E-state index in [9.17, 15) is 9.59 Å². The number of carbonyl (C=O) groups excluding carboxylic acids is 1. The summed E-state index contributed by atoms with van der Waals surface area (Å²) in [4.78, 5) is 32.1. The Bertz CT molecular complexity index is 876. The summed E-state index contributed by atoms with van der Waals surface area (Å²) in [6.45, 7) is 3.84. The molecule has 2 heterocycles. The molecule has 106 valence electrons. The molecule has 0 fully saturated rings. The fourth-order valence-electron chi connectivity index (χ4n) is 2.08. The molecule has 1 amide bonds. The van der Waals surface area contributed by atoms with Gasteiger partial charge in [0.05, 0.1) is 11.3 Å². The van der Waals surface area contributed by atoms with Gasteiger partial charge in [0.2, 0.25) is 5.56 Å². The number of fused-ring (bicyclic) bond motifs is 1. The zero-order valence-corrected chi connectivity index (χ0v) is 12.4. The van der Waals surface area contributed by atoms with Crippen LogP contribution in [0.1, 0.15) is 20.9 Å². The summed E-state index contributed by atoms with van der Waals surface area (Å²) in [5, 5.41) is 4.00. The SMILES string of the molecule is Cc1nc(NC(=O)c2cc(=O)[nH]c3ccccc23)sc1C. The van der Waals surface area contributed by atoms with Crippen molar-refractivity contribution in [2.24, 2.45) is 0 Å². The van der Waals surface area contributed by atoms with Crippen LogP contribution in [0.25, 0.3) is 10.9 Å². The molecule has 0 saturated heterocycles. The summed E-state index contributed by atoms with van der Waals surface area (Å²) in [6, 6.07) is 8.53. The van der Waals surface area contributed by atoms with Crippen molar-refractivity contribution in [1.29, 1.82) is 0 Å². The Kier molecular flexibility index (Phi) is 3.31. The summed E-state index contributed by atoms with van der Waals surface area (Å²) in [7, 11) is 0. The molecule has 2 N–H and O–H groups in total. The lowest BCUT2D eigenvalue weighted by Crippen LogP contribution is -2.16. The highest BCUT2D eigenvalue weighted by molar-refractivity contribution is 7.15. The number of thiazole rings is 1. The van der Waals surface area contributed by atoms with Crippen molar-refractivity contribution >= 4 is 33.3 Å². The number of aryl methyl sites for hydroxylation is 2. The fraction of sp³-hybridized carbons (Fsp3) is 0.133. The minimum absolute atomic E-state index is 0.301. The Labute approximate surface area is 124 Å². The van der Waals surface area contributed by atoms with Crippen LogP contribution in [0.3, 0.4) is 0 Å². The van der Waals surface area contributed by atoms with Gasteiger partial charge in [-0.2, -0.15) is 0 Å². The van der Waals surface area contributed by atoms with E-state index in [0.29, 0.717) is 21.6 Å². The molecule has 0 saturated carbocycles. The molecule has 2 aromatic heterocycles. The van der Waals surface area contributed by atoms with Crippen molar-refractivity contribution in [2.45, 2.75) is 13.8 Å². The average Bonchev–Trinajstić information content (AvgIpc) is 2.76. The lowest BCUT2D eigenvalue weighted by molar-refractivity contribution is 0.102. The number of carbonyl (C=O) groups is 1. The number of nitrogens with zero attached hydrogens (tertiary/aromatic N) is 1. The van der Waals surface area contributed by atoms with Crippen LogP contribution in [-0.2, 0) is 0 Å². The predicted molar refractivity (Wildman–Crippen MR) is 84.1 cm³/mol. The minimum atomic E-state index is -0.328. The van der Waals surface area contributed by atoms with Crippen LogP contribution >= 0.6 is 11.3 Å². The monoisotopic (exact) mass is 299 g/mol. The quantitative estimate of drug-likeness (QED) is 0.764. The number of H-pyrrole nitrogens is 1. The molecule has 0 aliphatic rings. The lowest BCUT2D eigenvalue weighted by Gasteiger charge is -2.05. The van der Waals surface area contributed by atoms with Gasteiger partial charge in [0.15, 0.2) is 5.13 Å². The Morgan fingerprint density at radius 1 is 1.29 bits per heavy atom. The van der Waals surface area contributed by atoms with Gasteiger partial charge in [-0.3, -0.25) is 14.9 Å². The lowest BCUT2D eigenvalue weighted by atomic mass is 10.1. The van der Waals surface area contributed by atoms with Crippen molar-refractivity contribution in [3.63, 3.8) is 0 Å². The van der Waals surface area contributed by atoms with E-state index in [-0.39, 0.29) is 11.5 Å². The Morgan fingerprint density at radius 2 is 2.05 bits per heavy atom. The number of rotatable bonds is 2. The van der Waals surface area contributed by atoms with Gasteiger partial charge >= 0.3 is 0 Å². The molecule has 6 heteroatoms. The number of nitrogens with one attached hydrogen (secondary N) is 2. The molecule has 0 aliphatic carbocycles. The molecular formula is C15H13N3O2S. The van der Waals surface area contributed by atoms with Crippen molar-refractivity contribution in [1.82, 2.24) is 9.97 Å². The van der Waals surface area contributed by atoms with E-state index in [4.69, 9.17) is 0 Å². The largest absolute Gasteiger partial charge is 0.322 e. The second kappa shape index (κ2) is 5.14. The highest BCUT2D eigenvalue weighted by Crippen LogP contribution is 2.22. The molecule has 1 aromatic carbocycles. The number of aromatic amines is 1. The molecule has 5 nitrogen and oxygen atoms in total. The van der Waals surface area contributed by atoms with Crippen LogP contribution in [0.5, 0.6) is 0 Å². The Morgan fingerprint density at radius 3 is 2.76 bits per heavy atom. The van der Waals surface area contributed by atoms with Gasteiger partial charge in [-0.15, -0.1) is 11.3 Å². The van der Waals surface area contributed by atoms with Gasteiger partial charge in [0, 0.05) is 21.8 Å². The number of anilines is 1. The maximum atomic E-state index is 12.4.